The van der Waals surface area contributed by atoms with Crippen LogP contribution in [0.25, 0.3) is 0 Å². The molecule has 1 aliphatic heterocycles. The number of nitrogens with one attached hydrogen (secondary N) is 1. The summed E-state index contributed by atoms with van der Waals surface area (Å²) in [6, 6.07) is 0. The fourth-order valence-electron chi connectivity index (χ4n) is 3.27. The van der Waals surface area contributed by atoms with E-state index in [1.165, 1.54) is 12.8 Å². The molecule has 1 unspecified atom stereocenters. The topological polar surface area (TPSA) is 64.4 Å². The molecule has 2 aliphatic rings. The van der Waals surface area contributed by atoms with Crippen LogP contribution in [0.4, 0.5) is 0 Å². The van der Waals surface area contributed by atoms with Crippen LogP contribution >= 0.6 is 0 Å². The Morgan fingerprint density at radius 1 is 1.32 bits per heavy atom. The van der Waals surface area contributed by atoms with Gasteiger partial charge in [-0.1, -0.05) is 0 Å². The average molecular weight is 268 g/mol. The van der Waals surface area contributed by atoms with E-state index in [-0.39, 0.29) is 11.5 Å². The number of carbonyl (C=O) groups is 1. The normalized spacial score (nSPS) is 35.3. The van der Waals surface area contributed by atoms with Gasteiger partial charge in [0.25, 0.3) is 0 Å². The maximum atomic E-state index is 12.0. The SMILES string of the molecule is CC1(CNC(=O)CC2CCC(CN)CC2)CCCO1. The van der Waals surface area contributed by atoms with Gasteiger partial charge < -0.3 is 15.8 Å². The number of hydrogen-bond donors (Lipinski definition) is 2. The second-order valence-electron chi connectivity index (χ2n) is 6.51. The third kappa shape index (κ3) is 4.46. The smallest absolute Gasteiger partial charge is 0.220 e. The molecule has 19 heavy (non-hydrogen) atoms. The highest BCUT2D eigenvalue weighted by Crippen LogP contribution is 2.30. The van der Waals surface area contributed by atoms with E-state index in [1.54, 1.807) is 0 Å². The Bertz CT molecular complexity index is 293. The van der Waals surface area contributed by atoms with E-state index in [1.807, 2.05) is 0 Å². The molecule has 0 bridgehead atoms. The standard InChI is InChI=1S/C15H28N2O2/c1-15(7-2-8-19-15)11-17-14(18)9-12-3-5-13(10-16)6-4-12/h12-13H,2-11,16H2,1H3,(H,17,18). The molecule has 1 saturated carbocycles. The summed E-state index contributed by atoms with van der Waals surface area (Å²) >= 11 is 0. The van der Waals surface area contributed by atoms with E-state index in [2.05, 4.69) is 12.2 Å². The summed E-state index contributed by atoms with van der Waals surface area (Å²) in [5.74, 6) is 1.43. The van der Waals surface area contributed by atoms with Crippen molar-refractivity contribution in [1.29, 1.82) is 0 Å². The zero-order valence-corrected chi connectivity index (χ0v) is 12.1. The first-order valence-corrected chi connectivity index (χ1v) is 7.72. The zero-order chi connectivity index (χ0) is 13.7. The molecule has 2 fully saturated rings. The van der Waals surface area contributed by atoms with Gasteiger partial charge in [-0.05, 0) is 63.8 Å². The number of nitrogens with two attached hydrogens (primary N) is 1. The van der Waals surface area contributed by atoms with Gasteiger partial charge in [0.1, 0.15) is 0 Å². The van der Waals surface area contributed by atoms with Gasteiger partial charge in [0, 0.05) is 19.6 Å². The summed E-state index contributed by atoms with van der Waals surface area (Å²) in [5, 5.41) is 3.05. The lowest BCUT2D eigenvalue weighted by Gasteiger charge is -2.28. The van der Waals surface area contributed by atoms with Gasteiger partial charge in [-0.15, -0.1) is 0 Å². The number of rotatable bonds is 5. The summed E-state index contributed by atoms with van der Waals surface area (Å²) in [6.07, 6.45) is 7.52. The van der Waals surface area contributed by atoms with Gasteiger partial charge in [-0.2, -0.15) is 0 Å². The molecule has 1 saturated heterocycles. The van der Waals surface area contributed by atoms with Crippen molar-refractivity contribution in [3.63, 3.8) is 0 Å². The van der Waals surface area contributed by atoms with E-state index < -0.39 is 0 Å². The van der Waals surface area contributed by atoms with Crippen LogP contribution < -0.4 is 11.1 Å². The molecule has 1 atom stereocenters. The highest BCUT2D eigenvalue weighted by molar-refractivity contribution is 5.76. The molecule has 0 aromatic carbocycles. The predicted molar refractivity (Wildman–Crippen MR) is 75.7 cm³/mol. The summed E-state index contributed by atoms with van der Waals surface area (Å²) in [7, 11) is 0. The van der Waals surface area contributed by atoms with Crippen molar-refractivity contribution in [2.75, 3.05) is 19.7 Å². The Morgan fingerprint density at radius 2 is 2.00 bits per heavy atom. The van der Waals surface area contributed by atoms with Crippen LogP contribution in [0.3, 0.4) is 0 Å². The Kier molecular flexibility index (Phi) is 5.22. The minimum Gasteiger partial charge on any atom is -0.373 e. The molecule has 4 nitrogen and oxygen atoms in total. The first kappa shape index (κ1) is 14.8. The molecule has 110 valence electrons. The van der Waals surface area contributed by atoms with Crippen LogP contribution in [0.5, 0.6) is 0 Å². The Morgan fingerprint density at radius 3 is 2.58 bits per heavy atom. The highest BCUT2D eigenvalue weighted by atomic mass is 16.5. The van der Waals surface area contributed by atoms with Gasteiger partial charge in [-0.3, -0.25) is 4.79 Å². The van der Waals surface area contributed by atoms with Gasteiger partial charge in [0.15, 0.2) is 0 Å². The van der Waals surface area contributed by atoms with Crippen molar-refractivity contribution in [1.82, 2.24) is 5.32 Å². The zero-order valence-electron chi connectivity index (χ0n) is 12.1. The summed E-state index contributed by atoms with van der Waals surface area (Å²) < 4.78 is 5.68. The lowest BCUT2D eigenvalue weighted by Crippen LogP contribution is -2.40. The third-order valence-electron chi connectivity index (χ3n) is 4.73. The van der Waals surface area contributed by atoms with E-state index in [0.29, 0.717) is 24.8 Å². The van der Waals surface area contributed by atoms with Crippen molar-refractivity contribution in [3.8, 4) is 0 Å². The molecular weight excluding hydrogens is 240 g/mol. The minimum absolute atomic E-state index is 0.132. The Labute approximate surface area is 116 Å². The number of hydrogen-bond acceptors (Lipinski definition) is 3. The summed E-state index contributed by atoms with van der Waals surface area (Å²) in [4.78, 5) is 12.0. The van der Waals surface area contributed by atoms with Crippen molar-refractivity contribution in [2.45, 2.75) is 57.5 Å². The van der Waals surface area contributed by atoms with Crippen molar-refractivity contribution in [2.24, 2.45) is 17.6 Å². The Balaban J connectivity index is 1.64. The molecule has 0 spiro atoms. The quantitative estimate of drug-likeness (QED) is 0.799. The fraction of sp³-hybridized carbons (Fsp3) is 0.933. The molecule has 0 aromatic heterocycles. The van der Waals surface area contributed by atoms with Crippen LogP contribution in [0.2, 0.25) is 0 Å². The van der Waals surface area contributed by atoms with Crippen LogP contribution in [-0.2, 0) is 9.53 Å². The molecule has 1 heterocycles. The second kappa shape index (κ2) is 6.71. The van der Waals surface area contributed by atoms with E-state index >= 15 is 0 Å². The molecule has 0 aromatic rings. The average Bonchev–Trinajstić information content (AvgIpc) is 2.85. The molecule has 2 rings (SSSR count). The first-order valence-electron chi connectivity index (χ1n) is 7.72. The molecule has 3 N–H and O–H groups in total. The molecule has 4 heteroatoms. The lowest BCUT2D eigenvalue weighted by atomic mass is 9.80. The lowest BCUT2D eigenvalue weighted by molar-refractivity contribution is -0.123. The maximum Gasteiger partial charge on any atom is 0.220 e. The second-order valence-corrected chi connectivity index (χ2v) is 6.51. The van der Waals surface area contributed by atoms with Gasteiger partial charge in [0.2, 0.25) is 5.91 Å². The molecular formula is C15H28N2O2. The van der Waals surface area contributed by atoms with Gasteiger partial charge >= 0.3 is 0 Å². The van der Waals surface area contributed by atoms with Crippen LogP contribution in [-0.4, -0.2) is 31.2 Å². The molecule has 1 aliphatic carbocycles. The highest BCUT2D eigenvalue weighted by Gasteiger charge is 2.30. The third-order valence-corrected chi connectivity index (χ3v) is 4.73. The number of amides is 1. The summed E-state index contributed by atoms with van der Waals surface area (Å²) in [6.45, 7) is 4.38. The van der Waals surface area contributed by atoms with Gasteiger partial charge in [-0.25, -0.2) is 0 Å². The maximum absolute atomic E-state index is 12.0. The largest absolute Gasteiger partial charge is 0.373 e. The van der Waals surface area contributed by atoms with Crippen LogP contribution in [0, 0.1) is 11.8 Å². The Hall–Kier alpha value is -0.610. The number of ether oxygens (including phenoxy) is 1. The van der Waals surface area contributed by atoms with Crippen molar-refractivity contribution >= 4 is 5.91 Å². The van der Waals surface area contributed by atoms with E-state index in [4.69, 9.17) is 10.5 Å². The fourth-order valence-corrected chi connectivity index (χ4v) is 3.27. The summed E-state index contributed by atoms with van der Waals surface area (Å²) in [5.41, 5.74) is 5.56. The first-order chi connectivity index (χ1) is 9.11. The molecule has 0 radical (unpaired) electrons. The van der Waals surface area contributed by atoms with Crippen molar-refractivity contribution < 1.29 is 9.53 Å². The van der Waals surface area contributed by atoms with Crippen LogP contribution in [0.15, 0.2) is 0 Å². The monoisotopic (exact) mass is 268 g/mol. The minimum atomic E-state index is -0.132. The van der Waals surface area contributed by atoms with E-state index in [9.17, 15) is 4.79 Å². The van der Waals surface area contributed by atoms with Crippen LogP contribution in [0.1, 0.15) is 51.9 Å². The van der Waals surface area contributed by atoms with Crippen molar-refractivity contribution in [3.05, 3.63) is 0 Å². The van der Waals surface area contributed by atoms with E-state index in [0.717, 1.165) is 38.8 Å². The van der Waals surface area contributed by atoms with Gasteiger partial charge in [0.05, 0.1) is 5.60 Å². The predicted octanol–water partition coefficient (Wildman–Crippen LogP) is 1.83. The number of carbonyl (C=O) groups excluding carboxylic acids is 1. The molecule has 1 amide bonds.